The number of hydrogen-bond acceptors (Lipinski definition) is 3. The fourth-order valence-corrected chi connectivity index (χ4v) is 3.35. The molecule has 1 unspecified atom stereocenters. The summed E-state index contributed by atoms with van der Waals surface area (Å²) in [5.74, 6) is 4.37. The Kier molecular flexibility index (Phi) is 2.82. The van der Waals surface area contributed by atoms with E-state index in [1.54, 1.807) is 0 Å². The van der Waals surface area contributed by atoms with Gasteiger partial charge < -0.3 is 0 Å². The molecule has 1 atom stereocenters. The summed E-state index contributed by atoms with van der Waals surface area (Å²) >= 11 is 2.07. The molecule has 0 aromatic carbocycles. The fourth-order valence-electron chi connectivity index (χ4n) is 2.19. The van der Waals surface area contributed by atoms with Crippen LogP contribution < -0.4 is 0 Å². The van der Waals surface area contributed by atoms with Gasteiger partial charge in [0, 0.05) is 12.6 Å². The topological polar surface area (TPSA) is 30.2 Å². The van der Waals surface area contributed by atoms with Crippen molar-refractivity contribution < 1.29 is 0 Å². The molecule has 0 radical (unpaired) electrons. The summed E-state index contributed by atoms with van der Waals surface area (Å²) < 4.78 is 1.87. The van der Waals surface area contributed by atoms with E-state index in [0.29, 0.717) is 0 Å². The summed E-state index contributed by atoms with van der Waals surface area (Å²) in [5.41, 5.74) is 0.959. The Balaban J connectivity index is 1.78. The van der Waals surface area contributed by atoms with Gasteiger partial charge in [-0.1, -0.05) is 6.07 Å². The molecular weight excluding hydrogens is 218 g/mol. The van der Waals surface area contributed by atoms with E-state index in [0.717, 1.165) is 23.8 Å². The minimum absolute atomic E-state index is 0.774. The highest BCUT2D eigenvalue weighted by Crippen LogP contribution is 2.24. The van der Waals surface area contributed by atoms with Gasteiger partial charge in [-0.15, -0.1) is 0 Å². The summed E-state index contributed by atoms with van der Waals surface area (Å²) in [6.07, 6.45) is 5.68. The summed E-state index contributed by atoms with van der Waals surface area (Å²) in [7, 11) is 0. The first-order valence-electron chi connectivity index (χ1n) is 5.80. The molecule has 3 heterocycles. The Bertz CT molecular complexity index is 441. The van der Waals surface area contributed by atoms with E-state index in [1.165, 1.54) is 24.3 Å². The second kappa shape index (κ2) is 4.45. The average Bonchev–Trinajstić information content (AvgIpc) is 2.72. The van der Waals surface area contributed by atoms with Crippen LogP contribution in [0.2, 0.25) is 0 Å². The van der Waals surface area contributed by atoms with Gasteiger partial charge >= 0.3 is 0 Å². The van der Waals surface area contributed by atoms with E-state index >= 15 is 0 Å². The van der Waals surface area contributed by atoms with Crippen molar-refractivity contribution in [1.82, 2.24) is 14.6 Å². The lowest BCUT2D eigenvalue weighted by atomic mass is 10.0. The minimum Gasteiger partial charge on any atom is -0.221 e. The molecule has 3 rings (SSSR count). The Labute approximate surface area is 99.3 Å². The first-order valence-corrected chi connectivity index (χ1v) is 6.95. The Morgan fingerprint density at radius 3 is 3.25 bits per heavy atom. The number of hydrogen-bond donors (Lipinski definition) is 0. The van der Waals surface area contributed by atoms with Gasteiger partial charge in [-0.05, 0) is 42.4 Å². The minimum atomic E-state index is 0.774. The molecular formula is C12H15N3S. The standard InChI is InChI=1S/C12H15N3S/c1-2-6-15-12(5-1)13-11(14-15)8-10-4-3-7-16-9-10/h1-2,5-6,10H,3-4,7-9H2. The molecule has 1 saturated heterocycles. The Morgan fingerprint density at radius 1 is 1.44 bits per heavy atom. The number of rotatable bonds is 2. The molecule has 1 fully saturated rings. The third-order valence-electron chi connectivity index (χ3n) is 3.01. The van der Waals surface area contributed by atoms with Gasteiger partial charge in [0.25, 0.3) is 0 Å². The molecule has 0 aliphatic carbocycles. The summed E-state index contributed by atoms with van der Waals surface area (Å²) in [4.78, 5) is 4.55. The number of nitrogens with zero attached hydrogens (tertiary/aromatic N) is 3. The van der Waals surface area contributed by atoms with Gasteiger partial charge in [0.2, 0.25) is 0 Å². The van der Waals surface area contributed by atoms with Gasteiger partial charge in [0.05, 0.1) is 0 Å². The van der Waals surface area contributed by atoms with Crippen molar-refractivity contribution in [2.24, 2.45) is 5.92 Å². The van der Waals surface area contributed by atoms with E-state index in [2.05, 4.69) is 21.8 Å². The highest BCUT2D eigenvalue weighted by Gasteiger charge is 2.16. The summed E-state index contributed by atoms with van der Waals surface area (Å²) in [6, 6.07) is 6.00. The van der Waals surface area contributed by atoms with Gasteiger partial charge in [-0.2, -0.15) is 16.9 Å². The van der Waals surface area contributed by atoms with E-state index in [1.807, 2.05) is 28.9 Å². The maximum Gasteiger partial charge on any atom is 0.155 e. The van der Waals surface area contributed by atoms with Crippen molar-refractivity contribution >= 4 is 17.4 Å². The zero-order valence-corrected chi connectivity index (χ0v) is 9.99. The zero-order valence-electron chi connectivity index (χ0n) is 9.17. The molecule has 2 aromatic heterocycles. The van der Waals surface area contributed by atoms with Gasteiger partial charge in [-0.3, -0.25) is 0 Å². The normalized spacial score (nSPS) is 21.4. The molecule has 0 N–H and O–H groups in total. The van der Waals surface area contributed by atoms with Gasteiger partial charge in [-0.25, -0.2) is 9.50 Å². The first-order chi connectivity index (χ1) is 7.92. The second-order valence-electron chi connectivity index (χ2n) is 4.32. The van der Waals surface area contributed by atoms with Crippen LogP contribution in [0.15, 0.2) is 24.4 Å². The molecule has 4 heteroatoms. The zero-order chi connectivity index (χ0) is 10.8. The van der Waals surface area contributed by atoms with E-state index in [4.69, 9.17) is 0 Å². The van der Waals surface area contributed by atoms with Crippen molar-refractivity contribution in [3.05, 3.63) is 30.2 Å². The van der Waals surface area contributed by atoms with Crippen molar-refractivity contribution in [3.8, 4) is 0 Å². The molecule has 3 nitrogen and oxygen atoms in total. The fraction of sp³-hybridized carbons (Fsp3) is 0.500. The van der Waals surface area contributed by atoms with Crippen molar-refractivity contribution in [1.29, 1.82) is 0 Å². The lowest BCUT2D eigenvalue weighted by Crippen LogP contribution is -2.13. The molecule has 1 aliphatic heterocycles. The SMILES string of the molecule is c1ccn2nc(CC3CCCSC3)nc2c1. The molecule has 16 heavy (non-hydrogen) atoms. The molecule has 1 aliphatic rings. The van der Waals surface area contributed by atoms with Crippen LogP contribution in [0, 0.1) is 5.92 Å². The largest absolute Gasteiger partial charge is 0.221 e. The van der Waals surface area contributed by atoms with Crippen LogP contribution in [-0.4, -0.2) is 26.1 Å². The quantitative estimate of drug-likeness (QED) is 0.798. The van der Waals surface area contributed by atoms with Crippen LogP contribution in [0.1, 0.15) is 18.7 Å². The summed E-state index contributed by atoms with van der Waals surface area (Å²) in [5, 5.41) is 4.50. The third kappa shape index (κ3) is 2.07. The predicted molar refractivity (Wildman–Crippen MR) is 66.7 cm³/mol. The second-order valence-corrected chi connectivity index (χ2v) is 5.47. The predicted octanol–water partition coefficient (Wildman–Crippen LogP) is 2.42. The van der Waals surface area contributed by atoms with Gasteiger partial charge in [0.15, 0.2) is 11.5 Å². The molecule has 84 valence electrons. The average molecular weight is 233 g/mol. The van der Waals surface area contributed by atoms with Crippen LogP contribution in [-0.2, 0) is 6.42 Å². The Hall–Kier alpha value is -1.03. The number of thioether (sulfide) groups is 1. The van der Waals surface area contributed by atoms with Gasteiger partial charge in [0.1, 0.15) is 0 Å². The molecule has 2 aromatic rings. The van der Waals surface area contributed by atoms with Crippen LogP contribution >= 0.6 is 11.8 Å². The number of pyridine rings is 1. The first kappa shape index (κ1) is 10.1. The monoisotopic (exact) mass is 233 g/mol. The third-order valence-corrected chi connectivity index (χ3v) is 4.30. The highest BCUT2D eigenvalue weighted by atomic mass is 32.2. The van der Waals surface area contributed by atoms with Crippen molar-refractivity contribution in [2.45, 2.75) is 19.3 Å². The molecule has 0 bridgehead atoms. The van der Waals surface area contributed by atoms with Crippen LogP contribution in [0.5, 0.6) is 0 Å². The number of fused-ring (bicyclic) bond motifs is 1. The van der Waals surface area contributed by atoms with E-state index < -0.39 is 0 Å². The molecule has 0 amide bonds. The van der Waals surface area contributed by atoms with Crippen LogP contribution in [0.3, 0.4) is 0 Å². The van der Waals surface area contributed by atoms with Crippen molar-refractivity contribution in [2.75, 3.05) is 11.5 Å². The lowest BCUT2D eigenvalue weighted by Gasteiger charge is -2.19. The summed E-state index contributed by atoms with van der Waals surface area (Å²) in [6.45, 7) is 0. The van der Waals surface area contributed by atoms with Crippen LogP contribution in [0.25, 0.3) is 5.65 Å². The van der Waals surface area contributed by atoms with Crippen LogP contribution in [0.4, 0.5) is 0 Å². The van der Waals surface area contributed by atoms with Crippen molar-refractivity contribution in [3.63, 3.8) is 0 Å². The molecule has 0 spiro atoms. The maximum absolute atomic E-state index is 4.55. The van der Waals surface area contributed by atoms with E-state index in [9.17, 15) is 0 Å². The smallest absolute Gasteiger partial charge is 0.155 e. The number of aromatic nitrogens is 3. The Morgan fingerprint density at radius 2 is 2.44 bits per heavy atom. The highest BCUT2D eigenvalue weighted by molar-refractivity contribution is 7.99. The maximum atomic E-state index is 4.55. The molecule has 0 saturated carbocycles. The van der Waals surface area contributed by atoms with E-state index in [-0.39, 0.29) is 0 Å². The lowest BCUT2D eigenvalue weighted by molar-refractivity contribution is 0.508.